The zero-order valence-corrected chi connectivity index (χ0v) is 20.5. The lowest BCUT2D eigenvalue weighted by molar-refractivity contribution is 0.0240. The number of halogens is 1. The minimum Gasteiger partial charge on any atom is -0.497 e. The maximum Gasteiger partial charge on any atom is 0.123 e. The smallest absolute Gasteiger partial charge is 0.123 e. The monoisotopic (exact) mass is 474 g/mol. The van der Waals surface area contributed by atoms with E-state index in [4.69, 9.17) is 9.47 Å². The van der Waals surface area contributed by atoms with E-state index in [1.165, 1.54) is 30.4 Å². The van der Waals surface area contributed by atoms with E-state index in [-0.39, 0.29) is 18.0 Å². The van der Waals surface area contributed by atoms with E-state index in [9.17, 15) is 4.39 Å². The Balaban J connectivity index is 1.50. The van der Waals surface area contributed by atoms with Crippen LogP contribution in [0.1, 0.15) is 54.5 Å². The molecule has 0 radical (unpaired) electrons. The molecule has 0 spiro atoms. The molecule has 2 aliphatic heterocycles. The van der Waals surface area contributed by atoms with Gasteiger partial charge in [-0.05, 0) is 85.3 Å². The number of rotatable bonds is 8. The fourth-order valence-electron chi connectivity index (χ4n) is 5.53. The third-order valence-corrected chi connectivity index (χ3v) is 7.38. The molecule has 4 nitrogen and oxygen atoms in total. The lowest BCUT2D eigenvalue weighted by Gasteiger charge is -2.43. The molecular formula is C30H35FN2O2. The second-order valence-electron chi connectivity index (χ2n) is 9.57. The maximum atomic E-state index is 13.8. The summed E-state index contributed by atoms with van der Waals surface area (Å²) in [6, 6.07) is 24.2. The van der Waals surface area contributed by atoms with Gasteiger partial charge in [0.05, 0.1) is 13.2 Å². The standard InChI is InChI=1S/C30H35FN2O2/c1-34-27-14-15-28-23(21-27)16-19-33(26-12-10-24(31)11-13-26)29(28)30(22-7-3-2-4-8-22)35-20-17-25-9-5-6-18-32-25/h2-4,7-8,10-15,21,25,29-30,32H,5-6,9,16-20H2,1H3. The number of hydrogen-bond donors (Lipinski definition) is 1. The van der Waals surface area contributed by atoms with E-state index in [0.29, 0.717) is 12.6 Å². The lowest BCUT2D eigenvalue weighted by atomic mass is 9.86. The molecule has 5 heteroatoms. The number of methoxy groups -OCH3 is 1. The zero-order chi connectivity index (χ0) is 24.0. The van der Waals surface area contributed by atoms with E-state index in [1.807, 2.05) is 24.3 Å². The van der Waals surface area contributed by atoms with Gasteiger partial charge in [-0.25, -0.2) is 4.39 Å². The average Bonchev–Trinajstić information content (AvgIpc) is 2.92. The Hall–Kier alpha value is -2.89. The highest BCUT2D eigenvalue weighted by Crippen LogP contribution is 2.44. The summed E-state index contributed by atoms with van der Waals surface area (Å²) in [7, 11) is 1.71. The summed E-state index contributed by atoms with van der Waals surface area (Å²) in [5, 5.41) is 3.64. The summed E-state index contributed by atoms with van der Waals surface area (Å²) in [4.78, 5) is 2.38. The quantitative estimate of drug-likeness (QED) is 0.420. The van der Waals surface area contributed by atoms with E-state index >= 15 is 0 Å². The van der Waals surface area contributed by atoms with E-state index in [1.54, 1.807) is 19.2 Å². The highest BCUT2D eigenvalue weighted by atomic mass is 19.1. The van der Waals surface area contributed by atoms with Crippen LogP contribution >= 0.6 is 0 Å². The predicted octanol–water partition coefficient (Wildman–Crippen LogP) is 6.23. The fourth-order valence-corrected chi connectivity index (χ4v) is 5.53. The Labute approximate surface area is 208 Å². The first-order valence-electron chi connectivity index (χ1n) is 12.8. The van der Waals surface area contributed by atoms with Crippen LogP contribution < -0.4 is 15.0 Å². The maximum absolute atomic E-state index is 13.8. The molecule has 1 fully saturated rings. The van der Waals surface area contributed by atoms with Gasteiger partial charge in [0.2, 0.25) is 0 Å². The number of ether oxygens (including phenoxy) is 2. The van der Waals surface area contributed by atoms with Gasteiger partial charge in [-0.1, -0.05) is 42.8 Å². The minimum absolute atomic E-state index is 0.0307. The number of nitrogens with one attached hydrogen (secondary N) is 1. The summed E-state index contributed by atoms with van der Waals surface area (Å²) < 4.78 is 26.1. The van der Waals surface area contributed by atoms with Crippen molar-refractivity contribution in [2.45, 2.75) is 50.3 Å². The van der Waals surface area contributed by atoms with Crippen LogP contribution in [0.3, 0.4) is 0 Å². The van der Waals surface area contributed by atoms with Crippen LogP contribution in [0.2, 0.25) is 0 Å². The Kier molecular flexibility index (Phi) is 7.65. The summed E-state index contributed by atoms with van der Waals surface area (Å²) in [6.07, 6.45) is 5.51. The van der Waals surface area contributed by atoms with Crippen LogP contribution in [0.5, 0.6) is 5.75 Å². The molecule has 3 aromatic carbocycles. The molecule has 0 aliphatic carbocycles. The molecule has 3 aromatic rings. The van der Waals surface area contributed by atoms with Crippen molar-refractivity contribution in [1.29, 1.82) is 0 Å². The fraction of sp³-hybridized carbons (Fsp3) is 0.400. The molecule has 184 valence electrons. The minimum atomic E-state index is -0.219. The molecule has 2 aliphatic rings. The van der Waals surface area contributed by atoms with E-state index in [0.717, 1.165) is 42.9 Å². The Morgan fingerprint density at radius 3 is 2.60 bits per heavy atom. The Morgan fingerprint density at radius 1 is 1.03 bits per heavy atom. The van der Waals surface area contributed by atoms with Crippen LogP contribution in [0.15, 0.2) is 72.8 Å². The van der Waals surface area contributed by atoms with Crippen LogP contribution in [-0.2, 0) is 11.2 Å². The van der Waals surface area contributed by atoms with Gasteiger partial charge >= 0.3 is 0 Å². The molecule has 0 aromatic heterocycles. The first-order chi connectivity index (χ1) is 17.2. The van der Waals surface area contributed by atoms with Crippen LogP contribution in [0.25, 0.3) is 0 Å². The highest BCUT2D eigenvalue weighted by Gasteiger charge is 2.36. The van der Waals surface area contributed by atoms with Gasteiger partial charge in [-0.2, -0.15) is 0 Å². The van der Waals surface area contributed by atoms with Crippen molar-refractivity contribution in [1.82, 2.24) is 5.32 Å². The third kappa shape index (κ3) is 5.52. The van der Waals surface area contributed by atoms with Crippen molar-refractivity contribution >= 4 is 5.69 Å². The molecule has 0 saturated carbocycles. The number of hydrogen-bond acceptors (Lipinski definition) is 4. The van der Waals surface area contributed by atoms with Crippen molar-refractivity contribution in [3.63, 3.8) is 0 Å². The summed E-state index contributed by atoms with van der Waals surface area (Å²) in [5.41, 5.74) is 4.69. The molecule has 0 bridgehead atoms. The normalized spacial score (nSPS) is 20.8. The summed E-state index contributed by atoms with van der Waals surface area (Å²) in [5.74, 6) is 0.654. The number of benzene rings is 3. The number of fused-ring (bicyclic) bond motifs is 1. The Morgan fingerprint density at radius 2 is 1.86 bits per heavy atom. The number of nitrogens with zero attached hydrogens (tertiary/aromatic N) is 1. The molecule has 0 amide bonds. The highest BCUT2D eigenvalue weighted by molar-refractivity contribution is 5.54. The molecule has 1 N–H and O–H groups in total. The van der Waals surface area contributed by atoms with E-state index in [2.05, 4.69) is 46.6 Å². The lowest BCUT2D eigenvalue weighted by Crippen LogP contribution is -2.40. The third-order valence-electron chi connectivity index (χ3n) is 7.38. The van der Waals surface area contributed by atoms with Gasteiger partial charge in [0.1, 0.15) is 17.7 Å². The van der Waals surface area contributed by atoms with Gasteiger partial charge in [0, 0.05) is 24.9 Å². The first kappa shape index (κ1) is 23.8. The van der Waals surface area contributed by atoms with Crippen molar-refractivity contribution in [2.75, 3.05) is 31.7 Å². The summed E-state index contributed by atoms with van der Waals surface area (Å²) >= 11 is 0. The molecule has 35 heavy (non-hydrogen) atoms. The van der Waals surface area contributed by atoms with Gasteiger partial charge in [-0.3, -0.25) is 0 Å². The Bertz CT molecular complexity index is 1080. The van der Waals surface area contributed by atoms with Crippen molar-refractivity contribution < 1.29 is 13.9 Å². The van der Waals surface area contributed by atoms with Crippen LogP contribution in [0, 0.1) is 5.82 Å². The van der Waals surface area contributed by atoms with Crippen molar-refractivity contribution in [2.24, 2.45) is 0 Å². The molecule has 3 atom stereocenters. The topological polar surface area (TPSA) is 33.7 Å². The second-order valence-corrected chi connectivity index (χ2v) is 9.57. The van der Waals surface area contributed by atoms with E-state index < -0.39 is 0 Å². The van der Waals surface area contributed by atoms with Gasteiger partial charge < -0.3 is 19.7 Å². The molecule has 2 heterocycles. The molecular weight excluding hydrogens is 439 g/mol. The second kappa shape index (κ2) is 11.2. The first-order valence-corrected chi connectivity index (χ1v) is 12.8. The predicted molar refractivity (Wildman–Crippen MR) is 139 cm³/mol. The van der Waals surface area contributed by atoms with Gasteiger partial charge in [0.15, 0.2) is 0 Å². The molecule has 3 unspecified atom stereocenters. The van der Waals surface area contributed by atoms with Crippen LogP contribution in [-0.4, -0.2) is 32.8 Å². The SMILES string of the molecule is COc1ccc2c(c1)CCN(c1ccc(F)cc1)C2C(OCCC1CCCCN1)c1ccccc1. The number of piperidine rings is 1. The van der Waals surface area contributed by atoms with Crippen LogP contribution in [0.4, 0.5) is 10.1 Å². The van der Waals surface area contributed by atoms with Crippen molar-refractivity contribution in [3.8, 4) is 5.75 Å². The molecule has 1 saturated heterocycles. The average molecular weight is 475 g/mol. The zero-order valence-electron chi connectivity index (χ0n) is 20.5. The molecule has 5 rings (SSSR count). The van der Waals surface area contributed by atoms with Gasteiger partial charge in [0.25, 0.3) is 0 Å². The van der Waals surface area contributed by atoms with Gasteiger partial charge in [-0.15, -0.1) is 0 Å². The van der Waals surface area contributed by atoms with Crippen molar-refractivity contribution in [3.05, 3.63) is 95.3 Å². The number of anilines is 1. The summed E-state index contributed by atoms with van der Waals surface area (Å²) in [6.45, 7) is 2.62. The largest absolute Gasteiger partial charge is 0.497 e.